The molecule has 106 valence electrons. The van der Waals surface area contributed by atoms with Crippen LogP contribution in [0.4, 0.5) is 5.69 Å². The molecule has 0 aliphatic carbocycles. The summed E-state index contributed by atoms with van der Waals surface area (Å²) in [6.45, 7) is 0.901. The summed E-state index contributed by atoms with van der Waals surface area (Å²) in [6, 6.07) is 18.5. The molecule has 0 spiro atoms. The molecule has 0 amide bonds. The maximum Gasteiger partial charge on any atom is 0.118 e. The second-order valence-corrected chi connectivity index (χ2v) is 4.94. The number of anilines is 1. The normalized spacial score (nSPS) is 10.5. The Balaban J connectivity index is 1.60. The van der Waals surface area contributed by atoms with E-state index in [0.717, 1.165) is 35.3 Å². The Bertz CT molecular complexity index is 723. The van der Waals surface area contributed by atoms with Gasteiger partial charge in [0.1, 0.15) is 5.75 Å². The molecule has 2 aromatic carbocycles. The number of methoxy groups -OCH3 is 1. The van der Waals surface area contributed by atoms with Crippen molar-refractivity contribution in [2.75, 3.05) is 19.0 Å². The lowest BCUT2D eigenvalue weighted by Crippen LogP contribution is -2.04. The van der Waals surface area contributed by atoms with E-state index in [0.29, 0.717) is 0 Å². The number of nitrogens with zero attached hydrogens (tertiary/aromatic N) is 1. The van der Waals surface area contributed by atoms with Crippen LogP contribution in [0.3, 0.4) is 0 Å². The van der Waals surface area contributed by atoms with E-state index >= 15 is 0 Å². The SMILES string of the molecule is COc1ccc(CCNc2ccc3ncccc3c2)cc1. The van der Waals surface area contributed by atoms with E-state index in [-0.39, 0.29) is 0 Å². The number of aromatic nitrogens is 1. The molecule has 0 aliphatic rings. The van der Waals surface area contributed by atoms with Gasteiger partial charge in [-0.2, -0.15) is 0 Å². The maximum atomic E-state index is 5.16. The molecule has 3 rings (SSSR count). The molecular formula is C18H18N2O. The predicted molar refractivity (Wildman–Crippen MR) is 86.9 cm³/mol. The van der Waals surface area contributed by atoms with E-state index in [1.54, 1.807) is 7.11 Å². The van der Waals surface area contributed by atoms with Gasteiger partial charge in [-0.1, -0.05) is 18.2 Å². The van der Waals surface area contributed by atoms with Crippen LogP contribution in [0.25, 0.3) is 10.9 Å². The van der Waals surface area contributed by atoms with Crippen LogP contribution in [-0.4, -0.2) is 18.6 Å². The van der Waals surface area contributed by atoms with E-state index < -0.39 is 0 Å². The molecule has 0 saturated carbocycles. The minimum Gasteiger partial charge on any atom is -0.497 e. The molecule has 0 bridgehead atoms. The molecule has 3 nitrogen and oxygen atoms in total. The monoisotopic (exact) mass is 278 g/mol. The average Bonchev–Trinajstić information content (AvgIpc) is 2.55. The van der Waals surface area contributed by atoms with Crippen molar-refractivity contribution in [1.82, 2.24) is 4.98 Å². The van der Waals surface area contributed by atoms with Crippen LogP contribution >= 0.6 is 0 Å². The first-order valence-corrected chi connectivity index (χ1v) is 7.07. The first kappa shape index (κ1) is 13.4. The number of rotatable bonds is 5. The number of benzene rings is 2. The second kappa shape index (κ2) is 6.27. The van der Waals surface area contributed by atoms with Gasteiger partial charge in [0.15, 0.2) is 0 Å². The second-order valence-electron chi connectivity index (χ2n) is 4.94. The largest absolute Gasteiger partial charge is 0.497 e. The summed E-state index contributed by atoms with van der Waals surface area (Å²) in [6.07, 6.45) is 2.80. The van der Waals surface area contributed by atoms with Gasteiger partial charge in [-0.05, 0) is 48.4 Å². The van der Waals surface area contributed by atoms with Crippen LogP contribution in [0.2, 0.25) is 0 Å². The number of hydrogen-bond acceptors (Lipinski definition) is 3. The highest BCUT2D eigenvalue weighted by atomic mass is 16.5. The fraction of sp³-hybridized carbons (Fsp3) is 0.167. The predicted octanol–water partition coefficient (Wildman–Crippen LogP) is 3.90. The Morgan fingerprint density at radius 3 is 2.71 bits per heavy atom. The first-order chi connectivity index (χ1) is 10.3. The number of nitrogens with one attached hydrogen (secondary N) is 1. The van der Waals surface area contributed by atoms with Crippen LogP contribution in [0, 0.1) is 0 Å². The van der Waals surface area contributed by atoms with Crippen LogP contribution in [-0.2, 0) is 6.42 Å². The standard InChI is InChI=1S/C18H18N2O/c1-21-17-7-4-14(5-8-17)10-12-19-16-6-9-18-15(13-16)3-2-11-20-18/h2-9,11,13,19H,10,12H2,1H3. The molecular weight excluding hydrogens is 260 g/mol. The Hall–Kier alpha value is -2.55. The third-order valence-electron chi connectivity index (χ3n) is 3.50. The summed E-state index contributed by atoms with van der Waals surface area (Å²) in [4.78, 5) is 4.33. The molecule has 3 aromatic rings. The number of ether oxygens (including phenoxy) is 1. The fourth-order valence-electron chi connectivity index (χ4n) is 2.33. The van der Waals surface area contributed by atoms with Crippen molar-refractivity contribution in [3.05, 3.63) is 66.4 Å². The van der Waals surface area contributed by atoms with Gasteiger partial charge in [-0.15, -0.1) is 0 Å². The fourth-order valence-corrected chi connectivity index (χ4v) is 2.33. The molecule has 0 radical (unpaired) electrons. The summed E-state index contributed by atoms with van der Waals surface area (Å²) in [5, 5.41) is 4.61. The Morgan fingerprint density at radius 2 is 1.90 bits per heavy atom. The van der Waals surface area contributed by atoms with E-state index in [1.165, 1.54) is 5.56 Å². The van der Waals surface area contributed by atoms with Gasteiger partial charge in [0.25, 0.3) is 0 Å². The van der Waals surface area contributed by atoms with E-state index in [1.807, 2.05) is 30.5 Å². The van der Waals surface area contributed by atoms with Gasteiger partial charge in [0.05, 0.1) is 12.6 Å². The minimum atomic E-state index is 0.897. The van der Waals surface area contributed by atoms with Crippen LogP contribution in [0.5, 0.6) is 5.75 Å². The quantitative estimate of drug-likeness (QED) is 0.768. The Labute approximate surface area is 124 Å². The van der Waals surface area contributed by atoms with Crippen LogP contribution in [0.1, 0.15) is 5.56 Å². The third-order valence-corrected chi connectivity index (χ3v) is 3.50. The lowest BCUT2D eigenvalue weighted by atomic mass is 10.1. The van der Waals surface area contributed by atoms with Crippen molar-refractivity contribution < 1.29 is 4.74 Å². The topological polar surface area (TPSA) is 34.1 Å². The molecule has 0 fully saturated rings. The molecule has 0 atom stereocenters. The van der Waals surface area contributed by atoms with Crippen molar-refractivity contribution in [3.63, 3.8) is 0 Å². The first-order valence-electron chi connectivity index (χ1n) is 7.07. The van der Waals surface area contributed by atoms with E-state index in [2.05, 4.69) is 40.6 Å². The molecule has 3 heteroatoms. The average molecular weight is 278 g/mol. The zero-order valence-corrected chi connectivity index (χ0v) is 12.0. The van der Waals surface area contributed by atoms with Crippen molar-refractivity contribution in [3.8, 4) is 5.75 Å². The molecule has 0 unspecified atom stereocenters. The van der Waals surface area contributed by atoms with Gasteiger partial charge in [-0.3, -0.25) is 4.98 Å². The third kappa shape index (κ3) is 3.31. The Kier molecular flexibility index (Phi) is 4.01. The summed E-state index contributed by atoms with van der Waals surface area (Å²) in [5.74, 6) is 0.897. The summed E-state index contributed by atoms with van der Waals surface area (Å²) >= 11 is 0. The summed E-state index contributed by atoms with van der Waals surface area (Å²) in [7, 11) is 1.69. The van der Waals surface area contributed by atoms with Crippen molar-refractivity contribution >= 4 is 16.6 Å². The highest BCUT2D eigenvalue weighted by Gasteiger charge is 1.98. The zero-order chi connectivity index (χ0) is 14.5. The molecule has 0 saturated heterocycles. The van der Waals surface area contributed by atoms with E-state index in [9.17, 15) is 0 Å². The van der Waals surface area contributed by atoms with Gasteiger partial charge in [0, 0.05) is 23.8 Å². The molecule has 1 N–H and O–H groups in total. The molecule has 21 heavy (non-hydrogen) atoms. The van der Waals surface area contributed by atoms with Gasteiger partial charge >= 0.3 is 0 Å². The zero-order valence-electron chi connectivity index (χ0n) is 12.0. The van der Waals surface area contributed by atoms with Crippen molar-refractivity contribution in [2.45, 2.75) is 6.42 Å². The molecule has 0 aliphatic heterocycles. The van der Waals surface area contributed by atoms with Crippen LogP contribution < -0.4 is 10.1 Å². The van der Waals surface area contributed by atoms with Crippen molar-refractivity contribution in [1.29, 1.82) is 0 Å². The van der Waals surface area contributed by atoms with Crippen LogP contribution in [0.15, 0.2) is 60.8 Å². The minimum absolute atomic E-state index is 0.897. The van der Waals surface area contributed by atoms with Gasteiger partial charge < -0.3 is 10.1 Å². The molecule has 1 aromatic heterocycles. The number of pyridine rings is 1. The smallest absolute Gasteiger partial charge is 0.118 e. The Morgan fingerprint density at radius 1 is 1.05 bits per heavy atom. The van der Waals surface area contributed by atoms with E-state index in [4.69, 9.17) is 4.74 Å². The highest BCUT2D eigenvalue weighted by Crippen LogP contribution is 2.17. The highest BCUT2D eigenvalue weighted by molar-refractivity contribution is 5.82. The van der Waals surface area contributed by atoms with Gasteiger partial charge in [0.2, 0.25) is 0 Å². The summed E-state index contributed by atoms with van der Waals surface area (Å²) < 4.78 is 5.16. The lowest BCUT2D eigenvalue weighted by molar-refractivity contribution is 0.414. The summed E-state index contributed by atoms with van der Waals surface area (Å²) in [5.41, 5.74) is 3.45. The maximum absolute atomic E-state index is 5.16. The van der Waals surface area contributed by atoms with Crippen molar-refractivity contribution in [2.24, 2.45) is 0 Å². The number of fused-ring (bicyclic) bond motifs is 1. The van der Waals surface area contributed by atoms with Gasteiger partial charge in [-0.25, -0.2) is 0 Å². The lowest BCUT2D eigenvalue weighted by Gasteiger charge is -2.08. The number of hydrogen-bond donors (Lipinski definition) is 1. The molecule has 1 heterocycles.